The van der Waals surface area contributed by atoms with Gasteiger partial charge in [0.1, 0.15) is 11.6 Å². The van der Waals surface area contributed by atoms with Crippen LogP contribution >= 0.6 is 23.2 Å². The number of hydrogen-bond acceptors (Lipinski definition) is 3. The molecule has 0 fully saturated rings. The van der Waals surface area contributed by atoms with Gasteiger partial charge in [-0.15, -0.1) is 0 Å². The monoisotopic (exact) mass is 370 g/mol. The molecule has 0 spiro atoms. The molecule has 0 heterocycles. The van der Waals surface area contributed by atoms with E-state index in [0.717, 1.165) is 6.07 Å². The summed E-state index contributed by atoms with van der Waals surface area (Å²) < 4.78 is 18.1. The van der Waals surface area contributed by atoms with Gasteiger partial charge in [-0.3, -0.25) is 9.59 Å². The van der Waals surface area contributed by atoms with Crippen molar-refractivity contribution in [3.8, 4) is 5.75 Å². The second kappa shape index (κ2) is 7.99. The summed E-state index contributed by atoms with van der Waals surface area (Å²) in [5.41, 5.74) is 0.573. The number of rotatable bonds is 5. The van der Waals surface area contributed by atoms with Crippen LogP contribution in [0.1, 0.15) is 10.4 Å². The Morgan fingerprint density at radius 3 is 2.54 bits per heavy atom. The molecule has 0 aliphatic heterocycles. The fourth-order valence-corrected chi connectivity index (χ4v) is 2.16. The van der Waals surface area contributed by atoms with E-state index in [4.69, 9.17) is 27.9 Å². The molecule has 2 amide bonds. The van der Waals surface area contributed by atoms with Crippen molar-refractivity contribution in [2.75, 3.05) is 19.0 Å². The summed E-state index contributed by atoms with van der Waals surface area (Å²) in [6, 6.07) is 8.08. The molecule has 24 heavy (non-hydrogen) atoms. The molecule has 2 aromatic carbocycles. The summed E-state index contributed by atoms with van der Waals surface area (Å²) in [4.78, 5) is 23.9. The topological polar surface area (TPSA) is 67.4 Å². The highest BCUT2D eigenvalue weighted by Crippen LogP contribution is 2.25. The molecule has 0 radical (unpaired) electrons. The fourth-order valence-electron chi connectivity index (χ4n) is 1.86. The number of ether oxygens (including phenoxy) is 1. The van der Waals surface area contributed by atoms with Crippen LogP contribution in [0.2, 0.25) is 10.0 Å². The Kier molecular flexibility index (Phi) is 6.00. The summed E-state index contributed by atoms with van der Waals surface area (Å²) >= 11 is 11.6. The van der Waals surface area contributed by atoms with Crippen LogP contribution in [-0.2, 0) is 4.79 Å². The SMILES string of the molecule is COc1cc(F)ccc1NC(=O)CNC(=O)c1ccc(Cl)c(Cl)c1. The number of benzene rings is 2. The minimum Gasteiger partial charge on any atom is -0.494 e. The lowest BCUT2D eigenvalue weighted by molar-refractivity contribution is -0.115. The highest BCUT2D eigenvalue weighted by Gasteiger charge is 2.12. The Bertz CT molecular complexity index is 784. The molecule has 0 saturated heterocycles. The van der Waals surface area contributed by atoms with Gasteiger partial charge in [0.05, 0.1) is 29.4 Å². The normalized spacial score (nSPS) is 10.2. The third-order valence-corrected chi connectivity index (χ3v) is 3.77. The molecule has 5 nitrogen and oxygen atoms in total. The molecule has 126 valence electrons. The molecule has 0 atom stereocenters. The summed E-state index contributed by atoms with van der Waals surface area (Å²) in [7, 11) is 1.36. The van der Waals surface area contributed by atoms with Gasteiger partial charge in [0.15, 0.2) is 0 Å². The molecule has 2 rings (SSSR count). The zero-order chi connectivity index (χ0) is 17.7. The molecule has 0 saturated carbocycles. The van der Waals surface area contributed by atoms with Crippen LogP contribution < -0.4 is 15.4 Å². The van der Waals surface area contributed by atoms with E-state index in [1.807, 2.05) is 0 Å². The van der Waals surface area contributed by atoms with E-state index in [-0.39, 0.29) is 22.9 Å². The highest BCUT2D eigenvalue weighted by molar-refractivity contribution is 6.42. The van der Waals surface area contributed by atoms with Crippen molar-refractivity contribution in [3.05, 3.63) is 57.8 Å². The maximum Gasteiger partial charge on any atom is 0.251 e. The number of halogens is 3. The van der Waals surface area contributed by atoms with Crippen molar-refractivity contribution >= 4 is 40.7 Å². The number of anilines is 1. The molecule has 0 unspecified atom stereocenters. The largest absolute Gasteiger partial charge is 0.494 e. The minimum atomic E-state index is -0.492. The van der Waals surface area contributed by atoms with Gasteiger partial charge in [0.2, 0.25) is 5.91 Å². The Hall–Kier alpha value is -2.31. The molecular formula is C16H13Cl2FN2O3. The highest BCUT2D eigenvalue weighted by atomic mass is 35.5. The van der Waals surface area contributed by atoms with Gasteiger partial charge in [-0.1, -0.05) is 23.2 Å². The van der Waals surface area contributed by atoms with E-state index in [1.54, 1.807) is 0 Å². The van der Waals surface area contributed by atoms with Crippen LogP contribution in [0.3, 0.4) is 0 Å². The second-order valence-corrected chi connectivity index (χ2v) is 5.52. The molecule has 0 bridgehead atoms. The number of hydrogen-bond donors (Lipinski definition) is 2. The molecule has 2 N–H and O–H groups in total. The van der Waals surface area contributed by atoms with Crippen LogP contribution in [0.25, 0.3) is 0 Å². The van der Waals surface area contributed by atoms with Crippen molar-refractivity contribution in [1.82, 2.24) is 5.32 Å². The molecule has 0 aromatic heterocycles. The van der Waals surface area contributed by atoms with E-state index in [9.17, 15) is 14.0 Å². The number of carbonyl (C=O) groups is 2. The van der Waals surface area contributed by atoms with Crippen LogP contribution in [0, 0.1) is 5.82 Å². The van der Waals surface area contributed by atoms with Gasteiger partial charge < -0.3 is 15.4 Å². The lowest BCUT2D eigenvalue weighted by Crippen LogP contribution is -2.32. The Labute approximate surface area is 147 Å². The molecule has 0 aliphatic carbocycles. The molecule has 8 heteroatoms. The van der Waals surface area contributed by atoms with Crippen LogP contribution in [0.4, 0.5) is 10.1 Å². The first kappa shape index (κ1) is 18.0. The van der Waals surface area contributed by atoms with Crippen LogP contribution in [0.15, 0.2) is 36.4 Å². The van der Waals surface area contributed by atoms with Crippen molar-refractivity contribution in [1.29, 1.82) is 0 Å². The first-order chi connectivity index (χ1) is 11.4. The van der Waals surface area contributed by atoms with Crippen molar-refractivity contribution in [3.63, 3.8) is 0 Å². The van der Waals surface area contributed by atoms with E-state index in [1.165, 1.54) is 37.4 Å². The molecule has 2 aromatic rings. The maximum atomic E-state index is 13.1. The summed E-state index contributed by atoms with van der Waals surface area (Å²) in [5.74, 6) is -1.28. The van der Waals surface area contributed by atoms with Gasteiger partial charge in [0.25, 0.3) is 5.91 Å². The zero-order valence-corrected chi connectivity index (χ0v) is 14.0. The Balaban J connectivity index is 1.95. The Morgan fingerprint density at radius 2 is 1.88 bits per heavy atom. The van der Waals surface area contributed by atoms with E-state index in [0.29, 0.717) is 10.7 Å². The predicted octanol–water partition coefficient (Wildman–Crippen LogP) is 3.51. The van der Waals surface area contributed by atoms with Crippen LogP contribution in [0.5, 0.6) is 5.75 Å². The average Bonchev–Trinajstić information content (AvgIpc) is 2.56. The third kappa shape index (κ3) is 4.59. The third-order valence-electron chi connectivity index (χ3n) is 3.03. The van der Waals surface area contributed by atoms with Gasteiger partial charge in [-0.25, -0.2) is 4.39 Å². The standard InChI is InChI=1S/C16H13Cl2FN2O3/c1-24-14-7-10(19)3-5-13(14)21-15(22)8-20-16(23)9-2-4-11(17)12(18)6-9/h2-7H,8H2,1H3,(H,20,23)(H,21,22). The number of carbonyl (C=O) groups excluding carboxylic acids is 2. The number of amides is 2. The van der Waals surface area contributed by atoms with E-state index >= 15 is 0 Å². The molecular weight excluding hydrogens is 358 g/mol. The van der Waals surface area contributed by atoms with Gasteiger partial charge >= 0.3 is 0 Å². The zero-order valence-electron chi connectivity index (χ0n) is 12.5. The van der Waals surface area contributed by atoms with Gasteiger partial charge in [-0.05, 0) is 30.3 Å². The average molecular weight is 371 g/mol. The van der Waals surface area contributed by atoms with Gasteiger partial charge in [-0.2, -0.15) is 0 Å². The van der Waals surface area contributed by atoms with Gasteiger partial charge in [0, 0.05) is 11.6 Å². The fraction of sp³-hybridized carbons (Fsp3) is 0.125. The smallest absolute Gasteiger partial charge is 0.251 e. The first-order valence-corrected chi connectivity index (χ1v) is 7.53. The van der Waals surface area contributed by atoms with Crippen LogP contribution in [-0.4, -0.2) is 25.5 Å². The van der Waals surface area contributed by atoms with E-state index < -0.39 is 17.6 Å². The molecule has 0 aliphatic rings. The predicted molar refractivity (Wildman–Crippen MR) is 90.4 cm³/mol. The Morgan fingerprint density at radius 1 is 1.12 bits per heavy atom. The number of nitrogens with one attached hydrogen (secondary N) is 2. The maximum absolute atomic E-state index is 13.1. The van der Waals surface area contributed by atoms with Crippen molar-refractivity contribution in [2.45, 2.75) is 0 Å². The second-order valence-electron chi connectivity index (χ2n) is 4.70. The quantitative estimate of drug-likeness (QED) is 0.845. The first-order valence-electron chi connectivity index (χ1n) is 6.77. The summed E-state index contributed by atoms with van der Waals surface area (Å²) in [5, 5.41) is 5.54. The van der Waals surface area contributed by atoms with Crippen molar-refractivity contribution in [2.24, 2.45) is 0 Å². The summed E-state index contributed by atoms with van der Waals surface area (Å²) in [6.45, 7) is -0.278. The minimum absolute atomic E-state index is 0.180. The lowest BCUT2D eigenvalue weighted by Gasteiger charge is -2.11. The lowest BCUT2D eigenvalue weighted by atomic mass is 10.2. The van der Waals surface area contributed by atoms with Crippen molar-refractivity contribution < 1.29 is 18.7 Å². The number of methoxy groups -OCH3 is 1. The van der Waals surface area contributed by atoms with E-state index in [2.05, 4.69) is 10.6 Å². The summed E-state index contributed by atoms with van der Waals surface area (Å²) in [6.07, 6.45) is 0.